The number of aromatic nitrogens is 1. The van der Waals surface area contributed by atoms with E-state index in [0.29, 0.717) is 16.9 Å². The van der Waals surface area contributed by atoms with Crippen LogP contribution in [0.1, 0.15) is 40.1 Å². The van der Waals surface area contributed by atoms with Crippen molar-refractivity contribution in [1.82, 2.24) is 10.3 Å². The fourth-order valence-corrected chi connectivity index (χ4v) is 6.49. The van der Waals surface area contributed by atoms with E-state index in [2.05, 4.69) is 20.5 Å². The van der Waals surface area contributed by atoms with E-state index in [4.69, 9.17) is 4.74 Å². The Morgan fingerprint density at radius 1 is 1.21 bits per heavy atom. The Hall–Kier alpha value is -2.75. The molecule has 3 aromatic rings. The minimum atomic E-state index is -0.404. The number of para-hydroxylation sites is 1. The number of thiophene rings is 1. The largest absolute Gasteiger partial charge is 0.465 e. The van der Waals surface area contributed by atoms with Gasteiger partial charge in [0.2, 0.25) is 0 Å². The molecule has 0 bridgehead atoms. The highest BCUT2D eigenvalue weighted by Gasteiger charge is 2.39. The number of nitrogens with one attached hydrogen (secondary N) is 2. The van der Waals surface area contributed by atoms with Gasteiger partial charge in [0.15, 0.2) is 0 Å². The molecule has 2 N–H and O–H groups in total. The summed E-state index contributed by atoms with van der Waals surface area (Å²) in [4.78, 5) is 33.6. The minimum absolute atomic E-state index is 0.202. The standard InChI is InChI=1S/C24H26N4O3S2/c1-31-23(30)16-5-2-6-17(20(16)28-11-4-8-24(15-28)9-10-25-14-24)26-21(29)18-13-33-22(27-18)19-7-3-12-32-19/h2-3,5-7,12-13,25H,4,8-11,14-15H2,1H3,(H,26,29). The highest BCUT2D eigenvalue weighted by atomic mass is 32.1. The molecular formula is C24H26N4O3S2. The first-order valence-electron chi connectivity index (χ1n) is 11.1. The Balaban J connectivity index is 1.46. The summed E-state index contributed by atoms with van der Waals surface area (Å²) in [5, 5.41) is 11.1. The fraction of sp³-hybridized carbons (Fsp3) is 0.375. The highest BCUT2D eigenvalue weighted by Crippen LogP contribution is 2.41. The van der Waals surface area contributed by atoms with Gasteiger partial charge in [0, 0.05) is 30.4 Å². The molecule has 2 saturated heterocycles. The molecule has 5 rings (SSSR count). The van der Waals surface area contributed by atoms with E-state index in [9.17, 15) is 9.59 Å². The van der Waals surface area contributed by atoms with Crippen molar-refractivity contribution >= 4 is 45.9 Å². The molecule has 0 saturated carbocycles. The lowest BCUT2D eigenvalue weighted by atomic mass is 9.79. The molecule has 172 valence electrons. The molecule has 33 heavy (non-hydrogen) atoms. The molecular weight excluding hydrogens is 456 g/mol. The van der Waals surface area contributed by atoms with E-state index in [1.54, 1.807) is 28.8 Å². The smallest absolute Gasteiger partial charge is 0.340 e. The van der Waals surface area contributed by atoms with E-state index in [0.717, 1.165) is 54.6 Å². The summed E-state index contributed by atoms with van der Waals surface area (Å²) in [6.07, 6.45) is 3.33. The van der Waals surface area contributed by atoms with Gasteiger partial charge < -0.3 is 20.3 Å². The van der Waals surface area contributed by atoms with E-state index in [-0.39, 0.29) is 11.3 Å². The number of hydrogen-bond acceptors (Lipinski definition) is 8. The molecule has 1 spiro atoms. The molecule has 7 nitrogen and oxygen atoms in total. The number of benzene rings is 1. The zero-order valence-corrected chi connectivity index (χ0v) is 20.1. The quantitative estimate of drug-likeness (QED) is 0.522. The minimum Gasteiger partial charge on any atom is -0.465 e. The molecule has 9 heteroatoms. The summed E-state index contributed by atoms with van der Waals surface area (Å²) >= 11 is 3.05. The van der Waals surface area contributed by atoms with Crippen LogP contribution in [0.25, 0.3) is 9.88 Å². The van der Waals surface area contributed by atoms with Crippen molar-refractivity contribution in [2.75, 3.05) is 43.5 Å². The van der Waals surface area contributed by atoms with Gasteiger partial charge in [-0.2, -0.15) is 0 Å². The number of hydrogen-bond donors (Lipinski definition) is 2. The lowest BCUT2D eigenvalue weighted by Gasteiger charge is -2.42. The normalized spacial score (nSPS) is 20.2. The Bertz CT molecular complexity index is 1150. The van der Waals surface area contributed by atoms with Gasteiger partial charge in [-0.25, -0.2) is 9.78 Å². The summed E-state index contributed by atoms with van der Waals surface area (Å²) in [5.41, 5.74) is 2.38. The third kappa shape index (κ3) is 4.40. The Morgan fingerprint density at radius 3 is 2.88 bits per heavy atom. The van der Waals surface area contributed by atoms with Crippen molar-refractivity contribution < 1.29 is 14.3 Å². The molecule has 2 aliphatic rings. The van der Waals surface area contributed by atoms with Crippen LogP contribution in [-0.4, -0.2) is 50.1 Å². The summed E-state index contributed by atoms with van der Waals surface area (Å²) in [6, 6.07) is 9.35. The van der Waals surface area contributed by atoms with E-state index in [1.165, 1.54) is 24.9 Å². The van der Waals surface area contributed by atoms with Crippen molar-refractivity contribution in [2.45, 2.75) is 19.3 Å². The van der Waals surface area contributed by atoms with Gasteiger partial charge in [0.1, 0.15) is 10.7 Å². The van der Waals surface area contributed by atoms with E-state index in [1.807, 2.05) is 23.6 Å². The molecule has 4 heterocycles. The second-order valence-corrected chi connectivity index (χ2v) is 10.4. The predicted molar refractivity (Wildman–Crippen MR) is 133 cm³/mol. The third-order valence-corrected chi connectivity index (χ3v) is 8.35. The first-order valence-corrected chi connectivity index (χ1v) is 12.8. The summed E-state index contributed by atoms with van der Waals surface area (Å²) in [7, 11) is 1.39. The van der Waals surface area contributed by atoms with Crippen molar-refractivity contribution in [1.29, 1.82) is 0 Å². The van der Waals surface area contributed by atoms with Crippen LogP contribution in [0, 0.1) is 5.41 Å². The van der Waals surface area contributed by atoms with Crippen molar-refractivity contribution in [3.8, 4) is 9.88 Å². The molecule has 1 amide bonds. The number of ether oxygens (including phenoxy) is 1. The lowest BCUT2D eigenvalue weighted by molar-refractivity contribution is 0.0601. The van der Waals surface area contributed by atoms with Crippen LogP contribution in [0.3, 0.4) is 0 Å². The fourth-order valence-electron chi connectivity index (χ4n) is 4.88. The predicted octanol–water partition coefficient (Wildman–Crippen LogP) is 4.49. The maximum Gasteiger partial charge on any atom is 0.340 e. The third-order valence-electron chi connectivity index (χ3n) is 6.47. The molecule has 1 aromatic carbocycles. The maximum absolute atomic E-state index is 13.1. The van der Waals surface area contributed by atoms with Gasteiger partial charge in [0.25, 0.3) is 5.91 Å². The summed E-state index contributed by atoms with van der Waals surface area (Å²) in [5.74, 6) is -0.689. The summed E-state index contributed by atoms with van der Waals surface area (Å²) in [6.45, 7) is 3.68. The van der Waals surface area contributed by atoms with Gasteiger partial charge in [-0.05, 0) is 49.4 Å². The Kier molecular flexibility index (Phi) is 6.18. The van der Waals surface area contributed by atoms with Gasteiger partial charge in [0.05, 0.1) is 28.9 Å². The van der Waals surface area contributed by atoms with Crippen LogP contribution in [0.15, 0.2) is 41.1 Å². The molecule has 2 aliphatic heterocycles. The number of methoxy groups -OCH3 is 1. The average molecular weight is 483 g/mol. The number of anilines is 2. The molecule has 2 aromatic heterocycles. The number of nitrogens with zero attached hydrogens (tertiary/aromatic N) is 2. The Labute approximate surface area is 200 Å². The highest BCUT2D eigenvalue weighted by molar-refractivity contribution is 7.20. The van der Waals surface area contributed by atoms with Crippen molar-refractivity contribution in [3.05, 3.63) is 52.3 Å². The van der Waals surface area contributed by atoms with Gasteiger partial charge >= 0.3 is 5.97 Å². The first-order chi connectivity index (χ1) is 16.1. The van der Waals surface area contributed by atoms with Crippen LogP contribution in [0.5, 0.6) is 0 Å². The molecule has 1 unspecified atom stereocenters. The lowest BCUT2D eigenvalue weighted by Crippen LogP contribution is -2.45. The number of rotatable bonds is 5. The number of amides is 1. The zero-order chi connectivity index (χ0) is 22.8. The SMILES string of the molecule is COC(=O)c1cccc(NC(=O)c2csc(-c3cccs3)n2)c1N1CCCC2(CCNC2)C1. The van der Waals surface area contributed by atoms with Crippen LogP contribution in [-0.2, 0) is 4.74 Å². The van der Waals surface area contributed by atoms with Crippen LogP contribution < -0.4 is 15.5 Å². The second kappa shape index (κ2) is 9.24. The van der Waals surface area contributed by atoms with Crippen LogP contribution in [0.4, 0.5) is 11.4 Å². The number of piperidine rings is 1. The Morgan fingerprint density at radius 2 is 2.12 bits per heavy atom. The van der Waals surface area contributed by atoms with Crippen molar-refractivity contribution in [3.63, 3.8) is 0 Å². The van der Waals surface area contributed by atoms with Gasteiger partial charge in [-0.15, -0.1) is 22.7 Å². The van der Waals surface area contributed by atoms with Crippen LogP contribution >= 0.6 is 22.7 Å². The second-order valence-electron chi connectivity index (χ2n) is 8.61. The van der Waals surface area contributed by atoms with E-state index < -0.39 is 5.97 Å². The van der Waals surface area contributed by atoms with E-state index >= 15 is 0 Å². The van der Waals surface area contributed by atoms with Gasteiger partial charge in [-0.1, -0.05) is 12.1 Å². The maximum atomic E-state index is 13.1. The topological polar surface area (TPSA) is 83.6 Å². The number of carbonyl (C=O) groups excluding carboxylic acids is 2. The number of thiazole rings is 1. The number of esters is 1. The monoisotopic (exact) mass is 482 g/mol. The van der Waals surface area contributed by atoms with Crippen LogP contribution in [0.2, 0.25) is 0 Å². The molecule has 0 aliphatic carbocycles. The molecule has 1 atom stereocenters. The molecule has 2 fully saturated rings. The van der Waals surface area contributed by atoms with Crippen molar-refractivity contribution in [2.24, 2.45) is 5.41 Å². The summed E-state index contributed by atoms with van der Waals surface area (Å²) < 4.78 is 5.07. The molecule has 0 radical (unpaired) electrons. The first kappa shape index (κ1) is 22.1. The average Bonchev–Trinajstić information content (AvgIpc) is 3.60. The number of carbonyl (C=O) groups is 2. The zero-order valence-electron chi connectivity index (χ0n) is 18.4. The van der Waals surface area contributed by atoms with Gasteiger partial charge in [-0.3, -0.25) is 4.79 Å².